The van der Waals surface area contributed by atoms with Crippen LogP contribution in [-0.4, -0.2) is 27.8 Å². The third-order valence-electron chi connectivity index (χ3n) is 3.67. The van der Waals surface area contributed by atoms with Crippen molar-refractivity contribution in [2.24, 2.45) is 0 Å². The van der Waals surface area contributed by atoms with Gasteiger partial charge in [0.25, 0.3) is 0 Å². The van der Waals surface area contributed by atoms with E-state index in [1.807, 2.05) is 32.9 Å². The van der Waals surface area contributed by atoms with E-state index in [1.54, 1.807) is 10.8 Å². The number of hydrogen-bond acceptors (Lipinski definition) is 4. The van der Waals surface area contributed by atoms with Crippen LogP contribution in [0.3, 0.4) is 0 Å². The van der Waals surface area contributed by atoms with E-state index in [0.29, 0.717) is 4.60 Å². The summed E-state index contributed by atoms with van der Waals surface area (Å²) in [6.45, 7) is 6.60. The van der Waals surface area contributed by atoms with Gasteiger partial charge in [0.2, 0.25) is 0 Å². The Morgan fingerprint density at radius 3 is 2.86 bits per heavy atom. The summed E-state index contributed by atoms with van der Waals surface area (Å²) in [5.41, 5.74) is 1.24. The maximum absolute atomic E-state index is 12.7. The highest BCUT2D eigenvalue weighted by atomic mass is 79.9. The van der Waals surface area contributed by atoms with Crippen LogP contribution < -0.4 is 5.32 Å². The molecule has 22 heavy (non-hydrogen) atoms. The van der Waals surface area contributed by atoms with Gasteiger partial charge in [-0.15, -0.1) is 0 Å². The van der Waals surface area contributed by atoms with Crippen LogP contribution in [0.2, 0.25) is 0 Å². The monoisotopic (exact) mass is 365 g/mol. The molecule has 0 unspecified atom stereocenters. The Labute approximate surface area is 138 Å². The van der Waals surface area contributed by atoms with Crippen molar-refractivity contribution in [3.63, 3.8) is 0 Å². The maximum atomic E-state index is 12.7. The van der Waals surface area contributed by atoms with E-state index in [0.717, 1.165) is 36.0 Å². The Kier molecular flexibility index (Phi) is 3.99. The summed E-state index contributed by atoms with van der Waals surface area (Å²) < 4.78 is 7.97. The quantitative estimate of drug-likeness (QED) is 0.775. The second kappa shape index (κ2) is 5.66. The van der Waals surface area contributed by atoms with Crippen LogP contribution in [0.4, 0.5) is 4.79 Å². The van der Waals surface area contributed by atoms with Gasteiger partial charge in [0.1, 0.15) is 10.2 Å². The number of ether oxygens (including phenoxy) is 1. The number of fused-ring (bicyclic) bond motifs is 1. The lowest BCUT2D eigenvalue weighted by Gasteiger charge is -2.22. The number of nitrogens with zero attached hydrogens (tertiary/aromatic N) is 2. The third kappa shape index (κ3) is 3.03. The van der Waals surface area contributed by atoms with Crippen molar-refractivity contribution in [2.75, 3.05) is 6.54 Å². The number of aromatic nitrogens is 2. The maximum Gasteiger partial charge on any atom is 0.419 e. The van der Waals surface area contributed by atoms with Crippen molar-refractivity contribution in [1.29, 1.82) is 0 Å². The van der Waals surface area contributed by atoms with E-state index < -0.39 is 5.60 Å². The zero-order valence-corrected chi connectivity index (χ0v) is 14.6. The molecule has 0 amide bonds. The van der Waals surface area contributed by atoms with Gasteiger partial charge in [-0.3, -0.25) is 0 Å². The molecule has 0 aromatic carbocycles. The van der Waals surface area contributed by atoms with Crippen molar-refractivity contribution in [3.05, 3.63) is 28.6 Å². The molecule has 5 nitrogen and oxygen atoms in total. The second-order valence-corrected chi connectivity index (χ2v) is 7.41. The minimum atomic E-state index is -0.529. The molecule has 1 aliphatic heterocycles. The number of hydrogen-bond donors (Lipinski definition) is 1. The van der Waals surface area contributed by atoms with Crippen LogP contribution in [0.5, 0.6) is 0 Å². The van der Waals surface area contributed by atoms with Gasteiger partial charge < -0.3 is 10.1 Å². The number of halogens is 1. The van der Waals surface area contributed by atoms with E-state index in [9.17, 15) is 4.79 Å². The molecule has 2 aromatic rings. The van der Waals surface area contributed by atoms with Crippen LogP contribution >= 0.6 is 15.9 Å². The first-order valence-corrected chi connectivity index (χ1v) is 8.28. The molecule has 6 heteroatoms. The fraction of sp³-hybridized carbons (Fsp3) is 0.500. The Balaban J connectivity index is 2.12. The topological polar surface area (TPSA) is 56.1 Å². The third-order valence-corrected chi connectivity index (χ3v) is 4.11. The number of carbonyl (C=O) groups excluding carboxylic acids is 1. The number of rotatable bonds is 1. The normalized spacial score (nSPS) is 18.8. The average molecular weight is 366 g/mol. The Bertz CT molecular complexity index is 712. The molecule has 0 saturated carbocycles. The van der Waals surface area contributed by atoms with Crippen molar-refractivity contribution in [3.8, 4) is 0 Å². The van der Waals surface area contributed by atoms with Crippen LogP contribution in [0, 0.1) is 0 Å². The molecule has 0 radical (unpaired) electrons. The minimum absolute atomic E-state index is 0.179. The van der Waals surface area contributed by atoms with Gasteiger partial charge >= 0.3 is 6.09 Å². The van der Waals surface area contributed by atoms with E-state index in [1.165, 1.54) is 0 Å². The predicted octanol–water partition coefficient (Wildman–Crippen LogP) is 4.01. The smallest absolute Gasteiger partial charge is 0.419 e. The van der Waals surface area contributed by atoms with E-state index in [2.05, 4.69) is 26.2 Å². The van der Waals surface area contributed by atoms with Crippen molar-refractivity contribution >= 4 is 32.9 Å². The Morgan fingerprint density at radius 1 is 1.45 bits per heavy atom. The van der Waals surface area contributed by atoms with E-state index in [-0.39, 0.29) is 12.1 Å². The molecule has 0 bridgehead atoms. The number of carbonyl (C=O) groups is 1. The summed E-state index contributed by atoms with van der Waals surface area (Å²) in [7, 11) is 0. The molecule has 1 N–H and O–H groups in total. The molecular weight excluding hydrogens is 346 g/mol. The van der Waals surface area contributed by atoms with Gasteiger partial charge in [0.15, 0.2) is 0 Å². The molecular formula is C16H20BrN3O2. The fourth-order valence-corrected chi connectivity index (χ4v) is 3.12. The lowest BCUT2D eigenvalue weighted by molar-refractivity contribution is 0.0538. The Hall–Kier alpha value is -1.40. The molecule has 2 aromatic heterocycles. The average Bonchev–Trinajstić information content (AvgIpc) is 3.02. The summed E-state index contributed by atoms with van der Waals surface area (Å²) in [6, 6.07) is 4.07. The van der Waals surface area contributed by atoms with Gasteiger partial charge in [-0.05, 0) is 68.2 Å². The summed E-state index contributed by atoms with van der Waals surface area (Å²) in [6.07, 6.45) is 3.57. The largest absolute Gasteiger partial charge is 0.443 e. The van der Waals surface area contributed by atoms with Crippen LogP contribution in [0.15, 0.2) is 22.9 Å². The molecule has 3 heterocycles. The first-order chi connectivity index (χ1) is 10.3. The molecule has 1 fully saturated rings. The molecule has 1 saturated heterocycles. The molecule has 118 valence electrons. The van der Waals surface area contributed by atoms with Crippen molar-refractivity contribution in [1.82, 2.24) is 14.9 Å². The van der Waals surface area contributed by atoms with E-state index in [4.69, 9.17) is 4.74 Å². The second-order valence-electron chi connectivity index (χ2n) is 6.60. The zero-order chi connectivity index (χ0) is 15.9. The highest BCUT2D eigenvalue weighted by molar-refractivity contribution is 9.10. The van der Waals surface area contributed by atoms with Crippen molar-refractivity contribution < 1.29 is 9.53 Å². The molecule has 1 aliphatic rings. The molecule has 0 spiro atoms. The highest BCUT2D eigenvalue weighted by Gasteiger charge is 2.27. The fourth-order valence-electron chi connectivity index (χ4n) is 2.80. The summed E-state index contributed by atoms with van der Waals surface area (Å²) in [5, 5.41) is 4.39. The summed E-state index contributed by atoms with van der Waals surface area (Å²) >= 11 is 3.38. The van der Waals surface area contributed by atoms with Crippen LogP contribution in [0.1, 0.15) is 45.3 Å². The SMILES string of the molecule is CC(C)(C)OC(=O)n1c([C@H]2CCCN2)cc2cnc(Br)cc21. The van der Waals surface area contributed by atoms with Crippen molar-refractivity contribution in [2.45, 2.75) is 45.3 Å². The summed E-state index contributed by atoms with van der Waals surface area (Å²) in [5.74, 6) is 0. The minimum Gasteiger partial charge on any atom is -0.443 e. The van der Waals surface area contributed by atoms with Crippen LogP contribution in [-0.2, 0) is 4.74 Å². The van der Waals surface area contributed by atoms with Gasteiger partial charge in [-0.1, -0.05) is 0 Å². The Morgan fingerprint density at radius 2 is 2.23 bits per heavy atom. The first-order valence-electron chi connectivity index (χ1n) is 7.49. The molecule has 3 rings (SSSR count). The molecule has 0 aliphatic carbocycles. The van der Waals surface area contributed by atoms with Gasteiger partial charge in [-0.25, -0.2) is 14.3 Å². The van der Waals surface area contributed by atoms with Crippen LogP contribution in [0.25, 0.3) is 10.9 Å². The number of nitrogens with one attached hydrogen (secondary N) is 1. The predicted molar refractivity (Wildman–Crippen MR) is 89.0 cm³/mol. The highest BCUT2D eigenvalue weighted by Crippen LogP contribution is 2.30. The lowest BCUT2D eigenvalue weighted by Crippen LogP contribution is -2.29. The van der Waals surface area contributed by atoms with Gasteiger partial charge in [0, 0.05) is 23.3 Å². The zero-order valence-electron chi connectivity index (χ0n) is 13.0. The van der Waals surface area contributed by atoms with Gasteiger partial charge in [0.05, 0.1) is 5.52 Å². The molecule has 1 atom stereocenters. The summed E-state index contributed by atoms with van der Waals surface area (Å²) in [4.78, 5) is 17.0. The lowest BCUT2D eigenvalue weighted by atomic mass is 10.1. The standard InChI is InChI=1S/C16H20BrN3O2/c1-16(2,3)22-15(21)20-12-8-14(17)19-9-10(12)7-13(20)11-5-4-6-18-11/h7-9,11,18H,4-6H2,1-3H3/t11-/m1/s1. The van der Waals surface area contributed by atoms with E-state index >= 15 is 0 Å². The first kappa shape index (κ1) is 15.5. The number of pyridine rings is 1. The van der Waals surface area contributed by atoms with Gasteiger partial charge in [-0.2, -0.15) is 0 Å².